The zero-order valence-corrected chi connectivity index (χ0v) is 11.3. The molecule has 3 rings (SSSR count). The molecule has 0 aliphatic carbocycles. The second-order valence-corrected chi connectivity index (χ2v) is 6.30. The van der Waals surface area contributed by atoms with Gasteiger partial charge >= 0.3 is 0 Å². The lowest BCUT2D eigenvalue weighted by Crippen LogP contribution is -2.39. The summed E-state index contributed by atoms with van der Waals surface area (Å²) in [5.41, 5.74) is 1.58. The number of nitrogens with zero attached hydrogens (tertiary/aromatic N) is 2. The molecule has 1 aromatic heterocycles. The first-order valence-electron chi connectivity index (χ1n) is 6.92. The zero-order valence-electron chi connectivity index (χ0n) is 10.5. The molecule has 0 amide bonds. The normalized spacial score (nSPS) is 22.6. The van der Waals surface area contributed by atoms with Gasteiger partial charge < -0.3 is 4.90 Å². The molecule has 0 unspecified atom stereocenters. The molecule has 3 heterocycles. The first-order chi connectivity index (χ1) is 8.42. The van der Waals surface area contributed by atoms with Gasteiger partial charge in [0.25, 0.3) is 0 Å². The maximum atomic E-state index is 2.65. The summed E-state index contributed by atoms with van der Waals surface area (Å²) in [6.45, 7) is 7.65. The standard InChI is InChI=1S/C14H22N2S/c1-2-6-15(7-3-1)9-10-16-8-4-14-13(12-16)5-11-17-14/h5,11H,1-4,6-10,12H2. The quantitative estimate of drug-likeness (QED) is 0.813. The maximum Gasteiger partial charge on any atom is 0.0245 e. The smallest absolute Gasteiger partial charge is 0.0245 e. The third kappa shape index (κ3) is 2.90. The predicted molar refractivity (Wildman–Crippen MR) is 73.6 cm³/mol. The summed E-state index contributed by atoms with van der Waals surface area (Å²) in [5.74, 6) is 0. The molecule has 0 N–H and O–H groups in total. The zero-order chi connectivity index (χ0) is 11.5. The van der Waals surface area contributed by atoms with Gasteiger partial charge in [0.1, 0.15) is 0 Å². The highest BCUT2D eigenvalue weighted by atomic mass is 32.1. The Kier molecular flexibility index (Phi) is 3.79. The van der Waals surface area contributed by atoms with E-state index in [0.717, 1.165) is 0 Å². The third-order valence-corrected chi connectivity index (χ3v) is 5.09. The molecule has 94 valence electrons. The molecule has 3 heteroatoms. The molecule has 2 aliphatic heterocycles. The Morgan fingerprint density at radius 2 is 1.82 bits per heavy atom. The fourth-order valence-electron chi connectivity index (χ4n) is 2.96. The molecule has 0 radical (unpaired) electrons. The van der Waals surface area contributed by atoms with Crippen molar-refractivity contribution in [3.8, 4) is 0 Å². The van der Waals surface area contributed by atoms with Crippen LogP contribution in [0.25, 0.3) is 0 Å². The lowest BCUT2D eigenvalue weighted by atomic mass is 10.1. The van der Waals surface area contributed by atoms with Crippen LogP contribution in [-0.4, -0.2) is 42.5 Å². The van der Waals surface area contributed by atoms with Crippen molar-refractivity contribution in [2.75, 3.05) is 32.7 Å². The van der Waals surface area contributed by atoms with Gasteiger partial charge in [-0.2, -0.15) is 0 Å². The topological polar surface area (TPSA) is 6.48 Å². The van der Waals surface area contributed by atoms with Gasteiger partial charge in [-0.1, -0.05) is 6.42 Å². The highest BCUT2D eigenvalue weighted by Crippen LogP contribution is 2.23. The summed E-state index contributed by atoms with van der Waals surface area (Å²) in [5, 5.41) is 2.25. The van der Waals surface area contributed by atoms with E-state index in [4.69, 9.17) is 0 Å². The number of rotatable bonds is 3. The lowest BCUT2D eigenvalue weighted by Gasteiger charge is -2.31. The minimum Gasteiger partial charge on any atom is -0.302 e. The van der Waals surface area contributed by atoms with E-state index < -0.39 is 0 Å². The van der Waals surface area contributed by atoms with Gasteiger partial charge in [-0.05, 0) is 49.4 Å². The molecule has 1 aromatic rings. The minimum absolute atomic E-state index is 1.19. The predicted octanol–water partition coefficient (Wildman–Crippen LogP) is 2.59. The van der Waals surface area contributed by atoms with E-state index in [1.54, 1.807) is 10.4 Å². The van der Waals surface area contributed by atoms with Gasteiger partial charge in [0, 0.05) is 31.1 Å². The van der Waals surface area contributed by atoms with Crippen LogP contribution in [0.3, 0.4) is 0 Å². The molecular formula is C14H22N2S. The lowest BCUT2D eigenvalue weighted by molar-refractivity contribution is 0.174. The van der Waals surface area contributed by atoms with E-state index in [0.29, 0.717) is 0 Å². The maximum absolute atomic E-state index is 2.65. The summed E-state index contributed by atoms with van der Waals surface area (Å²) >= 11 is 1.94. The molecule has 0 saturated carbocycles. The van der Waals surface area contributed by atoms with E-state index >= 15 is 0 Å². The van der Waals surface area contributed by atoms with Gasteiger partial charge in [-0.15, -0.1) is 11.3 Å². The Morgan fingerprint density at radius 1 is 1.00 bits per heavy atom. The molecule has 0 spiro atoms. The van der Waals surface area contributed by atoms with Crippen LogP contribution in [0.1, 0.15) is 29.7 Å². The summed E-state index contributed by atoms with van der Waals surface area (Å²) < 4.78 is 0. The second kappa shape index (κ2) is 5.51. The Balaban J connectivity index is 1.47. The van der Waals surface area contributed by atoms with E-state index in [1.807, 2.05) is 11.3 Å². The molecule has 0 atom stereocenters. The van der Waals surface area contributed by atoms with Gasteiger partial charge in [-0.3, -0.25) is 4.90 Å². The number of hydrogen-bond donors (Lipinski definition) is 0. The van der Waals surface area contributed by atoms with Crippen LogP contribution >= 0.6 is 11.3 Å². The van der Waals surface area contributed by atoms with E-state index in [-0.39, 0.29) is 0 Å². The van der Waals surface area contributed by atoms with Crippen LogP contribution < -0.4 is 0 Å². The van der Waals surface area contributed by atoms with Crippen LogP contribution in [0.2, 0.25) is 0 Å². The van der Waals surface area contributed by atoms with Gasteiger partial charge in [0.2, 0.25) is 0 Å². The fourth-order valence-corrected chi connectivity index (χ4v) is 3.85. The number of fused-ring (bicyclic) bond motifs is 1. The van der Waals surface area contributed by atoms with E-state index in [9.17, 15) is 0 Å². The average molecular weight is 250 g/mol. The van der Waals surface area contributed by atoms with Crippen molar-refractivity contribution < 1.29 is 0 Å². The summed E-state index contributed by atoms with van der Waals surface area (Å²) in [6, 6.07) is 2.31. The second-order valence-electron chi connectivity index (χ2n) is 5.30. The summed E-state index contributed by atoms with van der Waals surface area (Å²) in [7, 11) is 0. The number of likely N-dealkylation sites (tertiary alicyclic amines) is 1. The van der Waals surface area contributed by atoms with Crippen molar-refractivity contribution in [3.05, 3.63) is 21.9 Å². The van der Waals surface area contributed by atoms with Crippen LogP contribution in [0.4, 0.5) is 0 Å². The SMILES string of the molecule is c1cc2c(s1)CCN(CCN1CCCCC1)C2. The minimum atomic E-state index is 1.19. The molecule has 1 fully saturated rings. The highest BCUT2D eigenvalue weighted by molar-refractivity contribution is 7.10. The van der Waals surface area contributed by atoms with Crippen molar-refractivity contribution in [2.24, 2.45) is 0 Å². The summed E-state index contributed by atoms with van der Waals surface area (Å²) in [4.78, 5) is 6.90. The van der Waals surface area contributed by atoms with E-state index in [1.165, 1.54) is 65.0 Å². The molecule has 2 nitrogen and oxygen atoms in total. The Morgan fingerprint density at radius 3 is 2.71 bits per heavy atom. The van der Waals surface area contributed by atoms with E-state index in [2.05, 4.69) is 21.2 Å². The average Bonchev–Trinajstić information content (AvgIpc) is 2.85. The molecular weight excluding hydrogens is 228 g/mol. The Labute approximate surface area is 108 Å². The third-order valence-electron chi connectivity index (χ3n) is 4.07. The van der Waals surface area contributed by atoms with Crippen molar-refractivity contribution >= 4 is 11.3 Å². The van der Waals surface area contributed by atoms with Crippen molar-refractivity contribution in [1.82, 2.24) is 9.80 Å². The number of thiophene rings is 1. The number of piperidine rings is 1. The Bertz CT molecular complexity index is 355. The molecule has 1 saturated heterocycles. The molecule has 17 heavy (non-hydrogen) atoms. The molecule has 2 aliphatic rings. The monoisotopic (exact) mass is 250 g/mol. The fraction of sp³-hybridized carbons (Fsp3) is 0.714. The van der Waals surface area contributed by atoms with Crippen molar-refractivity contribution in [3.63, 3.8) is 0 Å². The Hall–Kier alpha value is -0.380. The molecule has 0 bridgehead atoms. The highest BCUT2D eigenvalue weighted by Gasteiger charge is 2.18. The first-order valence-corrected chi connectivity index (χ1v) is 7.80. The summed E-state index contributed by atoms with van der Waals surface area (Å²) in [6.07, 6.45) is 5.54. The molecule has 0 aromatic carbocycles. The first kappa shape index (κ1) is 11.7. The van der Waals surface area contributed by atoms with Crippen molar-refractivity contribution in [1.29, 1.82) is 0 Å². The van der Waals surface area contributed by atoms with Gasteiger partial charge in [-0.25, -0.2) is 0 Å². The van der Waals surface area contributed by atoms with Crippen LogP contribution in [0, 0.1) is 0 Å². The van der Waals surface area contributed by atoms with Crippen LogP contribution in [-0.2, 0) is 13.0 Å². The van der Waals surface area contributed by atoms with Gasteiger partial charge in [0.15, 0.2) is 0 Å². The van der Waals surface area contributed by atoms with Crippen molar-refractivity contribution in [2.45, 2.75) is 32.2 Å². The van der Waals surface area contributed by atoms with Crippen LogP contribution in [0.5, 0.6) is 0 Å². The number of hydrogen-bond acceptors (Lipinski definition) is 3. The van der Waals surface area contributed by atoms with Gasteiger partial charge in [0.05, 0.1) is 0 Å². The van der Waals surface area contributed by atoms with Crippen LogP contribution in [0.15, 0.2) is 11.4 Å². The largest absolute Gasteiger partial charge is 0.302 e.